The Morgan fingerprint density at radius 2 is 2.09 bits per heavy atom. The highest BCUT2D eigenvalue weighted by Gasteiger charge is 2.08. The summed E-state index contributed by atoms with van der Waals surface area (Å²) >= 11 is 2.79. The van der Waals surface area contributed by atoms with Gasteiger partial charge in [0.25, 0.3) is 0 Å². The van der Waals surface area contributed by atoms with E-state index in [1.165, 1.54) is 23.1 Å². The molecule has 3 aromatic rings. The van der Waals surface area contributed by atoms with E-state index in [2.05, 4.69) is 20.5 Å². The summed E-state index contributed by atoms with van der Waals surface area (Å²) in [5.74, 6) is 0.770. The van der Waals surface area contributed by atoms with Crippen LogP contribution < -0.4 is 10.1 Å². The first-order valence-corrected chi connectivity index (χ1v) is 8.20. The van der Waals surface area contributed by atoms with E-state index in [0.29, 0.717) is 15.9 Å². The lowest BCUT2D eigenvalue weighted by Gasteiger charge is -2.04. The van der Waals surface area contributed by atoms with Crippen LogP contribution in [-0.2, 0) is 0 Å². The third-order valence-corrected chi connectivity index (χ3v) is 4.58. The van der Waals surface area contributed by atoms with Crippen molar-refractivity contribution in [3.8, 4) is 11.8 Å². The Morgan fingerprint density at radius 3 is 2.91 bits per heavy atom. The smallest absolute Gasteiger partial charge is 0.210 e. The average molecular weight is 341 g/mol. The van der Waals surface area contributed by atoms with Gasteiger partial charge < -0.3 is 10.1 Å². The van der Waals surface area contributed by atoms with Gasteiger partial charge in [0, 0.05) is 11.8 Å². The molecule has 2 heterocycles. The van der Waals surface area contributed by atoms with E-state index >= 15 is 0 Å². The number of ether oxygens (including phenoxy) is 1. The molecule has 0 saturated heterocycles. The minimum Gasteiger partial charge on any atom is -0.497 e. The summed E-state index contributed by atoms with van der Waals surface area (Å²) in [6.45, 7) is 0. The quantitative estimate of drug-likeness (QED) is 0.757. The van der Waals surface area contributed by atoms with E-state index in [1.807, 2.05) is 36.4 Å². The van der Waals surface area contributed by atoms with Crippen molar-refractivity contribution in [2.45, 2.75) is 9.37 Å². The maximum atomic E-state index is 8.87. The number of anilines is 2. The maximum Gasteiger partial charge on any atom is 0.210 e. The zero-order valence-electron chi connectivity index (χ0n) is 12.1. The molecule has 0 aliphatic heterocycles. The fourth-order valence-corrected chi connectivity index (χ4v) is 3.46. The number of pyridine rings is 1. The van der Waals surface area contributed by atoms with Crippen molar-refractivity contribution in [2.75, 3.05) is 12.4 Å². The monoisotopic (exact) mass is 341 g/mol. The van der Waals surface area contributed by atoms with E-state index < -0.39 is 0 Å². The number of rotatable bonds is 5. The summed E-state index contributed by atoms with van der Waals surface area (Å²) in [5.41, 5.74) is 1.26. The molecular weight excluding hydrogens is 330 g/mol. The molecule has 0 bridgehead atoms. The zero-order chi connectivity index (χ0) is 16.1. The summed E-state index contributed by atoms with van der Waals surface area (Å²) in [5, 5.41) is 21.7. The second-order valence-electron chi connectivity index (χ2n) is 4.31. The number of nitriles is 1. The lowest BCUT2D eigenvalue weighted by Crippen LogP contribution is -1.90. The molecule has 0 aliphatic carbocycles. The molecule has 6 nitrogen and oxygen atoms in total. The van der Waals surface area contributed by atoms with Crippen LogP contribution in [0.4, 0.5) is 10.8 Å². The molecular formula is C15H11N5OS2. The molecule has 0 amide bonds. The molecule has 2 aromatic heterocycles. The molecule has 0 aliphatic rings. The van der Waals surface area contributed by atoms with Crippen LogP contribution in [0.25, 0.3) is 0 Å². The Kier molecular flexibility index (Phi) is 4.71. The van der Waals surface area contributed by atoms with Crippen molar-refractivity contribution in [3.05, 3.63) is 48.2 Å². The molecule has 23 heavy (non-hydrogen) atoms. The first-order chi connectivity index (χ1) is 11.3. The molecule has 0 saturated carbocycles. The number of methoxy groups -OCH3 is 1. The maximum absolute atomic E-state index is 8.87. The molecule has 1 aromatic carbocycles. The highest BCUT2D eigenvalue weighted by molar-refractivity contribution is 8.01. The lowest BCUT2D eigenvalue weighted by molar-refractivity contribution is 0.415. The highest BCUT2D eigenvalue weighted by Crippen LogP contribution is 2.32. The van der Waals surface area contributed by atoms with Crippen molar-refractivity contribution in [1.29, 1.82) is 5.26 Å². The van der Waals surface area contributed by atoms with Gasteiger partial charge in [-0.2, -0.15) is 5.26 Å². The van der Waals surface area contributed by atoms with Gasteiger partial charge in [-0.1, -0.05) is 23.5 Å². The van der Waals surface area contributed by atoms with Crippen molar-refractivity contribution in [1.82, 2.24) is 15.2 Å². The molecule has 1 N–H and O–H groups in total. The van der Waals surface area contributed by atoms with Gasteiger partial charge in [-0.25, -0.2) is 4.98 Å². The van der Waals surface area contributed by atoms with E-state index in [9.17, 15) is 0 Å². The standard InChI is InChI=1S/C15H11N5OS2/c1-21-12-6-2-4-10(8-12)18-14-19-20-15(23-14)22-13-7-3-5-11(9-16)17-13/h2-8H,1H3,(H,18,19). The van der Waals surface area contributed by atoms with Crippen LogP contribution in [-0.4, -0.2) is 22.3 Å². The summed E-state index contributed by atoms with van der Waals surface area (Å²) < 4.78 is 5.94. The Morgan fingerprint density at radius 1 is 1.22 bits per heavy atom. The van der Waals surface area contributed by atoms with Gasteiger partial charge in [0.1, 0.15) is 22.5 Å². The number of benzene rings is 1. The number of nitrogens with zero attached hydrogens (tertiary/aromatic N) is 4. The molecule has 3 rings (SSSR count). The largest absolute Gasteiger partial charge is 0.497 e. The van der Waals surface area contributed by atoms with Gasteiger partial charge in [0.15, 0.2) is 4.34 Å². The summed E-state index contributed by atoms with van der Waals surface area (Å²) in [6, 6.07) is 14.9. The molecule has 8 heteroatoms. The summed E-state index contributed by atoms with van der Waals surface area (Å²) in [6.07, 6.45) is 0. The summed E-state index contributed by atoms with van der Waals surface area (Å²) in [4.78, 5) is 4.21. The van der Waals surface area contributed by atoms with Crippen LogP contribution in [0.5, 0.6) is 5.75 Å². The fraction of sp³-hybridized carbons (Fsp3) is 0.0667. The van der Waals surface area contributed by atoms with Crippen molar-refractivity contribution in [3.63, 3.8) is 0 Å². The Hall–Kier alpha value is -2.63. The van der Waals surface area contributed by atoms with Crippen molar-refractivity contribution >= 4 is 33.9 Å². The van der Waals surface area contributed by atoms with Crippen LogP contribution in [0.1, 0.15) is 5.69 Å². The second-order valence-corrected chi connectivity index (χ2v) is 6.55. The van der Waals surface area contributed by atoms with E-state index in [0.717, 1.165) is 15.8 Å². The first kappa shape index (κ1) is 15.3. The minimum absolute atomic E-state index is 0.384. The Labute approximate surface area is 141 Å². The molecule has 0 atom stereocenters. The number of aromatic nitrogens is 3. The number of nitrogens with one attached hydrogen (secondary N) is 1. The van der Waals surface area contributed by atoms with Gasteiger partial charge in [0.05, 0.1) is 7.11 Å². The predicted octanol–water partition coefficient (Wildman–Crippen LogP) is 3.71. The predicted molar refractivity (Wildman–Crippen MR) is 89.3 cm³/mol. The highest BCUT2D eigenvalue weighted by atomic mass is 32.2. The van der Waals surface area contributed by atoms with Crippen molar-refractivity contribution in [2.24, 2.45) is 0 Å². The second kappa shape index (κ2) is 7.09. The van der Waals surface area contributed by atoms with Gasteiger partial charge in [0.2, 0.25) is 5.13 Å². The molecule has 0 unspecified atom stereocenters. The van der Waals surface area contributed by atoms with Gasteiger partial charge in [-0.05, 0) is 36.0 Å². The molecule has 0 radical (unpaired) electrons. The SMILES string of the molecule is COc1cccc(Nc2nnc(Sc3cccc(C#N)n3)s2)c1. The fourth-order valence-electron chi connectivity index (χ4n) is 1.75. The first-order valence-electron chi connectivity index (χ1n) is 6.56. The van der Waals surface area contributed by atoms with Gasteiger partial charge >= 0.3 is 0 Å². The van der Waals surface area contributed by atoms with E-state index in [1.54, 1.807) is 19.2 Å². The van der Waals surface area contributed by atoms with Crippen molar-refractivity contribution < 1.29 is 4.74 Å². The van der Waals surface area contributed by atoms with Crippen LogP contribution in [0.15, 0.2) is 51.8 Å². The molecule has 114 valence electrons. The van der Waals surface area contributed by atoms with Gasteiger partial charge in [-0.3, -0.25) is 0 Å². The van der Waals surface area contributed by atoms with Crippen LogP contribution in [0.3, 0.4) is 0 Å². The van der Waals surface area contributed by atoms with Gasteiger partial charge in [-0.15, -0.1) is 10.2 Å². The van der Waals surface area contributed by atoms with E-state index in [4.69, 9.17) is 10.00 Å². The third-order valence-electron chi connectivity index (χ3n) is 2.76. The minimum atomic E-state index is 0.384. The number of hydrogen-bond acceptors (Lipinski definition) is 8. The average Bonchev–Trinajstić information content (AvgIpc) is 3.02. The van der Waals surface area contributed by atoms with Crippen LogP contribution in [0, 0.1) is 11.3 Å². The Balaban J connectivity index is 1.71. The Bertz CT molecular complexity index is 859. The van der Waals surface area contributed by atoms with Crippen LogP contribution in [0.2, 0.25) is 0 Å². The number of hydrogen-bond donors (Lipinski definition) is 1. The third kappa shape index (κ3) is 3.97. The zero-order valence-corrected chi connectivity index (χ0v) is 13.7. The topological polar surface area (TPSA) is 83.7 Å². The molecule has 0 spiro atoms. The normalized spacial score (nSPS) is 10.1. The van der Waals surface area contributed by atoms with E-state index in [-0.39, 0.29) is 0 Å². The van der Waals surface area contributed by atoms with Crippen LogP contribution >= 0.6 is 23.1 Å². The summed E-state index contributed by atoms with van der Waals surface area (Å²) in [7, 11) is 1.63. The molecule has 0 fully saturated rings. The lowest BCUT2D eigenvalue weighted by atomic mass is 10.3.